The first-order chi connectivity index (χ1) is 18.4. The van der Waals surface area contributed by atoms with Crippen LogP contribution in [0.25, 0.3) is 0 Å². The Hall–Kier alpha value is -3.56. The summed E-state index contributed by atoms with van der Waals surface area (Å²) in [7, 11) is 4.12. The van der Waals surface area contributed by atoms with Crippen LogP contribution in [0, 0.1) is 6.92 Å². The van der Waals surface area contributed by atoms with Gasteiger partial charge in [0.25, 0.3) is 0 Å². The van der Waals surface area contributed by atoms with Crippen molar-refractivity contribution in [1.82, 2.24) is 20.5 Å². The summed E-state index contributed by atoms with van der Waals surface area (Å²) in [6, 6.07) is 16.9. The van der Waals surface area contributed by atoms with E-state index in [1.54, 1.807) is 11.1 Å². The number of anilines is 2. The molecule has 4 atom stereocenters. The highest BCUT2D eigenvalue weighted by molar-refractivity contribution is 8.01. The largest absolute Gasteiger partial charge is 0.457 e. The summed E-state index contributed by atoms with van der Waals surface area (Å²) in [6.45, 7) is 1.96. The Balaban J connectivity index is 1.26. The van der Waals surface area contributed by atoms with E-state index in [0.717, 1.165) is 52.5 Å². The van der Waals surface area contributed by atoms with Crippen LogP contribution < -0.4 is 20.3 Å². The molecule has 2 unspecified atom stereocenters. The normalized spacial score (nSPS) is 23.8. The summed E-state index contributed by atoms with van der Waals surface area (Å²) in [5, 5.41) is 6.72. The Morgan fingerprint density at radius 2 is 1.92 bits per heavy atom. The van der Waals surface area contributed by atoms with Crippen molar-refractivity contribution in [3.8, 4) is 11.5 Å². The van der Waals surface area contributed by atoms with E-state index in [1.165, 1.54) is 11.8 Å². The molecule has 1 saturated carbocycles. The predicted octanol–water partition coefficient (Wildman–Crippen LogP) is 5.16. The number of thioether (sulfide) groups is 1. The summed E-state index contributed by atoms with van der Waals surface area (Å²) in [4.78, 5) is 35.5. The highest BCUT2D eigenvalue weighted by Gasteiger charge is 2.47. The Labute approximate surface area is 226 Å². The van der Waals surface area contributed by atoms with Crippen LogP contribution >= 0.6 is 11.8 Å². The molecule has 9 heteroatoms. The number of nitrogens with one attached hydrogen (secondary N) is 2. The molecule has 3 amide bonds. The zero-order valence-electron chi connectivity index (χ0n) is 21.7. The molecule has 0 saturated heterocycles. The first-order valence-electron chi connectivity index (χ1n) is 13.0. The number of aromatic nitrogens is 1. The highest BCUT2D eigenvalue weighted by Crippen LogP contribution is 2.51. The van der Waals surface area contributed by atoms with Crippen LogP contribution in [-0.4, -0.2) is 53.3 Å². The monoisotopic (exact) mass is 529 g/mol. The van der Waals surface area contributed by atoms with Crippen LogP contribution in [0.15, 0.2) is 65.8 Å². The van der Waals surface area contributed by atoms with Gasteiger partial charge in [0.05, 0.1) is 17.4 Å². The molecule has 8 nitrogen and oxygen atoms in total. The second kappa shape index (κ2) is 9.96. The molecule has 3 heterocycles. The fourth-order valence-electron chi connectivity index (χ4n) is 5.82. The molecule has 3 aromatic rings. The van der Waals surface area contributed by atoms with E-state index in [-0.39, 0.29) is 18.0 Å². The highest BCUT2D eigenvalue weighted by atomic mass is 32.2. The van der Waals surface area contributed by atoms with Gasteiger partial charge in [0, 0.05) is 23.8 Å². The van der Waals surface area contributed by atoms with Crippen molar-refractivity contribution in [1.29, 1.82) is 0 Å². The minimum absolute atomic E-state index is 0.0463. The van der Waals surface area contributed by atoms with Gasteiger partial charge in [-0.1, -0.05) is 30.0 Å². The molecule has 2 aliphatic heterocycles. The molecule has 3 aliphatic rings. The molecule has 6 rings (SSSR count). The fourth-order valence-corrected chi connectivity index (χ4v) is 7.06. The zero-order valence-corrected chi connectivity index (χ0v) is 22.5. The van der Waals surface area contributed by atoms with E-state index < -0.39 is 11.3 Å². The molecule has 2 N–H and O–H groups in total. The molecular formula is C29H31N5O3S. The number of benzene rings is 2. The lowest BCUT2D eigenvalue weighted by molar-refractivity contribution is -0.121. The zero-order chi connectivity index (χ0) is 26.4. The van der Waals surface area contributed by atoms with Gasteiger partial charge in [-0.25, -0.2) is 9.78 Å². The van der Waals surface area contributed by atoms with E-state index >= 15 is 0 Å². The number of likely N-dealkylation sites (N-methyl/N-ethyl adjacent to an activating group) is 1. The maximum absolute atomic E-state index is 13.5. The van der Waals surface area contributed by atoms with Crippen LogP contribution in [0.5, 0.6) is 11.5 Å². The number of carbonyl (C=O) groups is 2. The molecule has 1 aromatic heterocycles. The number of amides is 3. The van der Waals surface area contributed by atoms with Crippen molar-refractivity contribution in [2.75, 3.05) is 19.0 Å². The Morgan fingerprint density at radius 3 is 2.68 bits per heavy atom. The number of pyridine rings is 1. The number of para-hydroxylation sites is 1. The van der Waals surface area contributed by atoms with E-state index in [2.05, 4.69) is 34.6 Å². The summed E-state index contributed by atoms with van der Waals surface area (Å²) < 4.78 is 5.98. The first-order valence-corrected chi connectivity index (χ1v) is 13.8. The van der Waals surface area contributed by atoms with Gasteiger partial charge in [-0.05, 0) is 82.2 Å². The number of aryl methyl sites for hydroxylation is 1. The second-order valence-electron chi connectivity index (χ2n) is 10.3. The first kappa shape index (κ1) is 24.8. The lowest BCUT2D eigenvalue weighted by Crippen LogP contribution is -2.52. The molecule has 1 fully saturated rings. The minimum Gasteiger partial charge on any atom is -0.457 e. The van der Waals surface area contributed by atoms with Crippen molar-refractivity contribution in [3.63, 3.8) is 0 Å². The number of urea groups is 1. The van der Waals surface area contributed by atoms with E-state index in [9.17, 15) is 9.59 Å². The topological polar surface area (TPSA) is 86.8 Å². The number of hydrogen-bond acceptors (Lipinski definition) is 6. The minimum atomic E-state index is -0.462. The van der Waals surface area contributed by atoms with Gasteiger partial charge in [-0.3, -0.25) is 9.69 Å². The number of hydrogen-bond donors (Lipinski definition) is 2. The van der Waals surface area contributed by atoms with Crippen molar-refractivity contribution >= 4 is 35.1 Å². The summed E-state index contributed by atoms with van der Waals surface area (Å²) in [5.74, 6) is 1.40. The molecule has 0 spiro atoms. The van der Waals surface area contributed by atoms with Gasteiger partial charge in [0.15, 0.2) is 0 Å². The number of ether oxygens (including phenoxy) is 1. The lowest BCUT2D eigenvalue weighted by Gasteiger charge is -2.35. The number of carbonyl (C=O) groups excluding carboxylic acids is 2. The van der Waals surface area contributed by atoms with Crippen LogP contribution in [0.2, 0.25) is 0 Å². The Morgan fingerprint density at radius 1 is 1.11 bits per heavy atom. The smallest absolute Gasteiger partial charge is 0.327 e. The number of rotatable bonds is 6. The third kappa shape index (κ3) is 4.39. The second-order valence-corrected chi connectivity index (χ2v) is 11.4. The summed E-state index contributed by atoms with van der Waals surface area (Å²) >= 11 is 1.43. The average molecular weight is 530 g/mol. The van der Waals surface area contributed by atoms with Crippen LogP contribution in [0.1, 0.15) is 36.4 Å². The van der Waals surface area contributed by atoms with Crippen molar-refractivity contribution in [3.05, 3.63) is 71.9 Å². The lowest BCUT2D eigenvalue weighted by atomic mass is 9.99. The van der Waals surface area contributed by atoms with Gasteiger partial charge >= 0.3 is 6.03 Å². The maximum atomic E-state index is 13.5. The van der Waals surface area contributed by atoms with Crippen LogP contribution in [0.3, 0.4) is 0 Å². The molecule has 196 valence electrons. The van der Waals surface area contributed by atoms with Crippen LogP contribution in [-0.2, 0) is 4.79 Å². The third-order valence-electron chi connectivity index (χ3n) is 7.62. The average Bonchev–Trinajstić information content (AvgIpc) is 3.51. The van der Waals surface area contributed by atoms with Gasteiger partial charge in [0.2, 0.25) is 5.91 Å². The fraction of sp³-hybridized carbons (Fsp3) is 0.345. The van der Waals surface area contributed by atoms with Crippen molar-refractivity contribution in [2.24, 2.45) is 0 Å². The quantitative estimate of drug-likeness (QED) is 0.459. The van der Waals surface area contributed by atoms with Gasteiger partial charge in [-0.15, -0.1) is 0 Å². The Bertz CT molecular complexity index is 1380. The SMILES string of the molecule is Cc1cc(Oc2ccccc2)ccc1N1C(=O)NC2c3c1ccnc3SC2C(=O)N[C@H]1CCC[C@@H]1N(C)C. The van der Waals surface area contributed by atoms with Crippen molar-refractivity contribution in [2.45, 2.75) is 54.6 Å². The summed E-state index contributed by atoms with van der Waals surface area (Å²) in [6.07, 6.45) is 4.86. The van der Waals surface area contributed by atoms with E-state index in [4.69, 9.17) is 4.74 Å². The van der Waals surface area contributed by atoms with E-state index in [0.29, 0.717) is 11.8 Å². The molecular weight excluding hydrogens is 498 g/mol. The molecule has 1 aliphatic carbocycles. The summed E-state index contributed by atoms with van der Waals surface area (Å²) in [5.41, 5.74) is 3.32. The Kier molecular flexibility index (Phi) is 6.49. The molecule has 38 heavy (non-hydrogen) atoms. The van der Waals surface area contributed by atoms with Gasteiger partial charge < -0.3 is 20.3 Å². The molecule has 0 bridgehead atoms. The molecule has 0 radical (unpaired) electrons. The molecule has 2 aromatic carbocycles. The maximum Gasteiger partial charge on any atom is 0.327 e. The van der Waals surface area contributed by atoms with Crippen molar-refractivity contribution < 1.29 is 14.3 Å². The standard InChI is InChI=1S/C29H31N5O3S/c1-17-16-19(37-18-8-5-4-6-9-18)12-13-21(17)34-23-14-15-30-28-24(23)25(32-29(34)36)26(38-28)27(35)31-20-10-7-11-22(20)33(2)3/h4-6,8-9,12-16,20,22,25-26H,7,10-11H2,1-3H3,(H,31,35)(H,32,36)/t20-,22-,25?,26?/m0/s1. The van der Waals surface area contributed by atoms with E-state index in [1.807, 2.05) is 61.5 Å². The van der Waals surface area contributed by atoms with Gasteiger partial charge in [0.1, 0.15) is 21.8 Å². The van der Waals surface area contributed by atoms with Crippen LogP contribution in [0.4, 0.5) is 16.2 Å². The number of nitrogens with zero attached hydrogens (tertiary/aromatic N) is 3. The van der Waals surface area contributed by atoms with Gasteiger partial charge in [-0.2, -0.15) is 0 Å². The predicted molar refractivity (Wildman–Crippen MR) is 148 cm³/mol. The third-order valence-corrected chi connectivity index (χ3v) is 8.91.